The summed E-state index contributed by atoms with van der Waals surface area (Å²) >= 11 is 0. The van der Waals surface area contributed by atoms with Crippen molar-refractivity contribution in [3.8, 4) is 11.4 Å². The Morgan fingerprint density at radius 3 is 2.48 bits per heavy atom. The van der Waals surface area contributed by atoms with Crippen LogP contribution in [0.2, 0.25) is 0 Å². The molecule has 0 saturated heterocycles. The molecule has 2 aromatic carbocycles. The van der Waals surface area contributed by atoms with Gasteiger partial charge in [-0.2, -0.15) is 5.10 Å². The van der Waals surface area contributed by atoms with Crippen molar-refractivity contribution < 1.29 is 0 Å². The van der Waals surface area contributed by atoms with Gasteiger partial charge in [0.1, 0.15) is 0 Å². The second-order valence-corrected chi connectivity index (χ2v) is 6.63. The van der Waals surface area contributed by atoms with E-state index in [1.165, 1.54) is 0 Å². The summed E-state index contributed by atoms with van der Waals surface area (Å²) in [6.45, 7) is 0. The summed E-state index contributed by atoms with van der Waals surface area (Å²) in [5, 5.41) is 8.12. The van der Waals surface area contributed by atoms with Gasteiger partial charge in [0.05, 0.1) is 33.5 Å². The van der Waals surface area contributed by atoms with E-state index >= 15 is 0 Å². The minimum Gasteiger partial charge on any atom is -0.254 e. The number of fused-ring (bicyclic) bond motifs is 6. The zero-order valence-corrected chi connectivity index (χ0v) is 14.4. The molecule has 6 aromatic rings. The summed E-state index contributed by atoms with van der Waals surface area (Å²) < 4.78 is 1.98. The molecule has 0 atom stereocenters. The van der Waals surface area contributed by atoms with Gasteiger partial charge in [-0.1, -0.05) is 48.5 Å². The van der Waals surface area contributed by atoms with Gasteiger partial charge in [-0.25, -0.2) is 9.50 Å². The largest absolute Gasteiger partial charge is 0.254 e. The van der Waals surface area contributed by atoms with Crippen LogP contribution in [0.15, 0.2) is 85.1 Å². The van der Waals surface area contributed by atoms with Crippen LogP contribution >= 0.6 is 0 Å². The van der Waals surface area contributed by atoms with Crippen LogP contribution in [0.5, 0.6) is 0 Å². The molecule has 27 heavy (non-hydrogen) atoms. The van der Waals surface area contributed by atoms with Crippen LogP contribution in [0.1, 0.15) is 0 Å². The number of benzene rings is 2. The van der Waals surface area contributed by atoms with Crippen LogP contribution in [0, 0.1) is 0 Å². The van der Waals surface area contributed by atoms with Crippen LogP contribution < -0.4 is 0 Å². The van der Waals surface area contributed by atoms with Gasteiger partial charge in [0.25, 0.3) is 0 Å². The van der Waals surface area contributed by atoms with Crippen molar-refractivity contribution >= 4 is 38.2 Å². The molecule has 0 amide bonds. The van der Waals surface area contributed by atoms with E-state index in [9.17, 15) is 0 Å². The minimum atomic E-state index is 0.888. The summed E-state index contributed by atoms with van der Waals surface area (Å²) in [6, 6.07) is 26.8. The lowest BCUT2D eigenvalue weighted by molar-refractivity contribution is 0.984. The summed E-state index contributed by atoms with van der Waals surface area (Å²) in [5.74, 6) is 0. The quantitative estimate of drug-likeness (QED) is 0.382. The molecule has 0 aliphatic heterocycles. The average molecular weight is 346 g/mol. The van der Waals surface area contributed by atoms with E-state index in [1.54, 1.807) is 0 Å². The molecule has 0 fully saturated rings. The third kappa shape index (κ3) is 2.07. The Morgan fingerprint density at radius 1 is 0.667 bits per heavy atom. The molecule has 0 bridgehead atoms. The van der Waals surface area contributed by atoms with Crippen molar-refractivity contribution in [3.05, 3.63) is 85.1 Å². The van der Waals surface area contributed by atoms with Gasteiger partial charge in [-0.05, 0) is 30.3 Å². The smallest absolute Gasteiger partial charge is 0.0972 e. The van der Waals surface area contributed by atoms with E-state index < -0.39 is 0 Å². The molecule has 126 valence electrons. The highest BCUT2D eigenvalue weighted by molar-refractivity contribution is 6.03. The molecule has 0 unspecified atom stereocenters. The summed E-state index contributed by atoms with van der Waals surface area (Å²) in [7, 11) is 0. The third-order valence-electron chi connectivity index (χ3n) is 5.05. The van der Waals surface area contributed by atoms with Crippen LogP contribution in [0.4, 0.5) is 0 Å². The highest BCUT2D eigenvalue weighted by atomic mass is 15.2. The van der Waals surface area contributed by atoms with Gasteiger partial charge in [-0.15, -0.1) is 0 Å². The lowest BCUT2D eigenvalue weighted by Crippen LogP contribution is -1.96. The Morgan fingerprint density at radius 2 is 1.52 bits per heavy atom. The standard InChI is InChI=1S/C23H14N4/c1-2-7-18-17(6-1)20-8-3-9-21(27(20)26-18)19-13-12-16-11-10-15-5-4-14-24-22(15)23(16)25-19/h1-14H. The van der Waals surface area contributed by atoms with Crippen molar-refractivity contribution in [2.75, 3.05) is 0 Å². The monoisotopic (exact) mass is 346 g/mol. The predicted octanol–water partition coefficient (Wildman–Crippen LogP) is 5.25. The van der Waals surface area contributed by atoms with Crippen molar-refractivity contribution in [1.82, 2.24) is 19.6 Å². The van der Waals surface area contributed by atoms with Gasteiger partial charge in [0.2, 0.25) is 0 Å². The molecule has 0 saturated carbocycles. The van der Waals surface area contributed by atoms with Crippen molar-refractivity contribution in [2.45, 2.75) is 0 Å². The molecule has 0 N–H and O–H groups in total. The van der Waals surface area contributed by atoms with E-state index in [1.807, 2.05) is 35.0 Å². The second kappa shape index (κ2) is 5.35. The first-order valence-corrected chi connectivity index (χ1v) is 8.90. The van der Waals surface area contributed by atoms with Gasteiger partial charge in [-0.3, -0.25) is 4.98 Å². The van der Waals surface area contributed by atoms with Crippen LogP contribution in [0.3, 0.4) is 0 Å². The minimum absolute atomic E-state index is 0.888. The zero-order valence-electron chi connectivity index (χ0n) is 14.4. The van der Waals surface area contributed by atoms with E-state index in [4.69, 9.17) is 10.1 Å². The first-order chi connectivity index (χ1) is 13.4. The molecule has 6 rings (SSSR count). The van der Waals surface area contributed by atoms with Crippen LogP contribution in [0.25, 0.3) is 49.6 Å². The summed E-state index contributed by atoms with van der Waals surface area (Å²) in [4.78, 5) is 9.53. The van der Waals surface area contributed by atoms with E-state index in [0.29, 0.717) is 0 Å². The Bertz CT molecular complexity index is 1480. The van der Waals surface area contributed by atoms with Crippen LogP contribution in [-0.4, -0.2) is 19.6 Å². The maximum atomic E-state index is 4.97. The topological polar surface area (TPSA) is 43.1 Å². The van der Waals surface area contributed by atoms with Crippen molar-refractivity contribution in [3.63, 3.8) is 0 Å². The molecule has 4 heteroatoms. The molecule has 4 aromatic heterocycles. The maximum Gasteiger partial charge on any atom is 0.0972 e. The highest BCUT2D eigenvalue weighted by Crippen LogP contribution is 2.28. The predicted molar refractivity (Wildman–Crippen MR) is 109 cm³/mol. The van der Waals surface area contributed by atoms with Crippen LogP contribution in [-0.2, 0) is 0 Å². The van der Waals surface area contributed by atoms with E-state index in [-0.39, 0.29) is 0 Å². The normalized spacial score (nSPS) is 11.7. The molecule has 0 aliphatic carbocycles. The van der Waals surface area contributed by atoms with Gasteiger partial charge in [0, 0.05) is 22.4 Å². The molecular formula is C23H14N4. The fourth-order valence-corrected chi connectivity index (χ4v) is 3.76. The molecular weight excluding hydrogens is 332 g/mol. The first-order valence-electron chi connectivity index (χ1n) is 8.90. The molecule has 4 nitrogen and oxygen atoms in total. The highest BCUT2D eigenvalue weighted by Gasteiger charge is 2.11. The molecule has 0 radical (unpaired) electrons. The van der Waals surface area contributed by atoms with Gasteiger partial charge in [0.15, 0.2) is 0 Å². The molecule has 0 spiro atoms. The maximum absolute atomic E-state index is 4.97. The van der Waals surface area contributed by atoms with E-state index in [2.05, 4.69) is 59.6 Å². The summed E-state index contributed by atoms with van der Waals surface area (Å²) in [5.41, 5.74) is 5.77. The zero-order chi connectivity index (χ0) is 17.8. The average Bonchev–Trinajstić information content (AvgIpc) is 3.12. The van der Waals surface area contributed by atoms with Crippen molar-refractivity contribution in [2.24, 2.45) is 0 Å². The molecule has 0 aliphatic rings. The number of nitrogens with zero attached hydrogens (tertiary/aromatic N) is 4. The number of hydrogen-bond acceptors (Lipinski definition) is 3. The third-order valence-corrected chi connectivity index (χ3v) is 5.05. The Labute approximate surface area is 154 Å². The first kappa shape index (κ1) is 14.4. The van der Waals surface area contributed by atoms with Crippen molar-refractivity contribution in [1.29, 1.82) is 0 Å². The fourth-order valence-electron chi connectivity index (χ4n) is 3.76. The number of aromatic nitrogens is 4. The Kier molecular flexibility index (Phi) is 2.85. The summed E-state index contributed by atoms with van der Waals surface area (Å²) in [6.07, 6.45) is 1.82. The van der Waals surface area contributed by atoms with Gasteiger partial charge >= 0.3 is 0 Å². The lowest BCUT2D eigenvalue weighted by Gasteiger charge is -2.07. The number of rotatable bonds is 1. The number of pyridine rings is 3. The SMILES string of the molecule is c1cnc2c(c1)ccc1ccc(-c3cccc4c5ccccc5nn34)nc12. The Hall–Kier alpha value is -3.79. The Balaban J connectivity index is 1.69. The lowest BCUT2D eigenvalue weighted by atomic mass is 10.1. The second-order valence-electron chi connectivity index (χ2n) is 6.63. The van der Waals surface area contributed by atoms with E-state index in [0.717, 1.165) is 49.6 Å². The fraction of sp³-hybridized carbons (Fsp3) is 0. The molecule has 4 heterocycles. The van der Waals surface area contributed by atoms with Gasteiger partial charge < -0.3 is 0 Å². The number of hydrogen-bond donors (Lipinski definition) is 0.